The highest BCUT2D eigenvalue weighted by atomic mass is 32.2. The van der Waals surface area contributed by atoms with Gasteiger partial charge in [-0.2, -0.15) is 9.40 Å². The summed E-state index contributed by atoms with van der Waals surface area (Å²) in [5, 5.41) is 3.91. The van der Waals surface area contributed by atoms with Crippen LogP contribution in [-0.2, 0) is 17.1 Å². The maximum Gasteiger partial charge on any atom is 0.254 e. The van der Waals surface area contributed by atoms with Crippen molar-refractivity contribution in [1.29, 1.82) is 0 Å². The number of benzene rings is 1. The standard InChI is InChI=1S/C17H21FN4O4S/c1-20-12-14(11-19-20)27(24,25)22-7-3-6-21(8-9-22)17(23)13-4-5-16(26-2)15(18)10-13/h4-5,10-12H,3,6-9H2,1-2H3. The number of aryl methyl sites for hydroxylation is 1. The van der Waals surface area contributed by atoms with Crippen LogP contribution >= 0.6 is 0 Å². The Labute approximate surface area is 157 Å². The maximum absolute atomic E-state index is 13.9. The van der Waals surface area contributed by atoms with Crippen LogP contribution in [0.4, 0.5) is 4.39 Å². The van der Waals surface area contributed by atoms with Gasteiger partial charge in [-0.15, -0.1) is 0 Å². The van der Waals surface area contributed by atoms with Crippen LogP contribution in [0.1, 0.15) is 16.8 Å². The molecule has 1 saturated heterocycles. The fraction of sp³-hybridized carbons (Fsp3) is 0.412. The first-order valence-electron chi connectivity index (χ1n) is 8.44. The molecule has 0 atom stereocenters. The van der Waals surface area contributed by atoms with Crippen LogP contribution in [0.25, 0.3) is 0 Å². The van der Waals surface area contributed by atoms with Crippen LogP contribution in [0.3, 0.4) is 0 Å². The number of sulfonamides is 1. The Morgan fingerprint density at radius 1 is 1.22 bits per heavy atom. The summed E-state index contributed by atoms with van der Waals surface area (Å²) in [5.74, 6) is -0.882. The molecule has 1 fully saturated rings. The van der Waals surface area contributed by atoms with Gasteiger partial charge in [0.25, 0.3) is 5.91 Å². The predicted octanol–water partition coefficient (Wildman–Crippen LogP) is 1.10. The Morgan fingerprint density at radius 2 is 2.00 bits per heavy atom. The number of aromatic nitrogens is 2. The molecular weight excluding hydrogens is 375 g/mol. The van der Waals surface area contributed by atoms with Crippen molar-refractivity contribution in [3.05, 3.63) is 42.0 Å². The normalized spacial score (nSPS) is 16.2. The van der Waals surface area contributed by atoms with E-state index in [4.69, 9.17) is 4.74 Å². The minimum Gasteiger partial charge on any atom is -0.494 e. The van der Waals surface area contributed by atoms with Crippen molar-refractivity contribution >= 4 is 15.9 Å². The zero-order valence-electron chi connectivity index (χ0n) is 15.1. The molecule has 27 heavy (non-hydrogen) atoms. The quantitative estimate of drug-likeness (QED) is 0.773. The number of ether oxygens (including phenoxy) is 1. The largest absolute Gasteiger partial charge is 0.494 e. The molecule has 0 saturated carbocycles. The van der Waals surface area contributed by atoms with Crippen molar-refractivity contribution < 1.29 is 22.3 Å². The summed E-state index contributed by atoms with van der Waals surface area (Å²) in [5.41, 5.74) is 0.205. The van der Waals surface area contributed by atoms with Gasteiger partial charge in [0.15, 0.2) is 11.6 Å². The van der Waals surface area contributed by atoms with E-state index in [0.29, 0.717) is 19.5 Å². The number of amides is 1. The third kappa shape index (κ3) is 3.96. The molecule has 1 aromatic carbocycles. The van der Waals surface area contributed by atoms with Gasteiger partial charge in [-0.1, -0.05) is 0 Å². The summed E-state index contributed by atoms with van der Waals surface area (Å²) < 4.78 is 47.0. The SMILES string of the molecule is COc1ccc(C(=O)N2CCCN(S(=O)(=O)c3cnn(C)c3)CC2)cc1F. The summed E-state index contributed by atoms with van der Waals surface area (Å²) in [4.78, 5) is 14.3. The Bertz CT molecular complexity index is 944. The maximum atomic E-state index is 13.9. The van der Waals surface area contributed by atoms with Crippen molar-refractivity contribution in [1.82, 2.24) is 19.0 Å². The molecule has 0 bridgehead atoms. The summed E-state index contributed by atoms with van der Waals surface area (Å²) in [6.45, 7) is 1.09. The van der Waals surface area contributed by atoms with Crippen LogP contribution in [0.2, 0.25) is 0 Å². The molecule has 8 nitrogen and oxygen atoms in total. The third-order valence-electron chi connectivity index (χ3n) is 4.46. The van der Waals surface area contributed by atoms with Gasteiger partial charge < -0.3 is 9.64 Å². The van der Waals surface area contributed by atoms with E-state index in [0.717, 1.165) is 6.07 Å². The van der Waals surface area contributed by atoms with Crippen LogP contribution in [0, 0.1) is 5.82 Å². The molecule has 3 rings (SSSR count). The van der Waals surface area contributed by atoms with Crippen LogP contribution in [-0.4, -0.2) is 66.6 Å². The number of carbonyl (C=O) groups excluding carboxylic acids is 1. The lowest BCUT2D eigenvalue weighted by molar-refractivity contribution is 0.0763. The molecule has 0 unspecified atom stereocenters. The third-order valence-corrected chi connectivity index (χ3v) is 6.31. The van der Waals surface area contributed by atoms with Crippen LogP contribution in [0.15, 0.2) is 35.5 Å². The molecule has 0 radical (unpaired) electrons. The van der Waals surface area contributed by atoms with Crippen molar-refractivity contribution in [2.24, 2.45) is 7.05 Å². The highest BCUT2D eigenvalue weighted by molar-refractivity contribution is 7.89. The van der Waals surface area contributed by atoms with Gasteiger partial charge in [-0.3, -0.25) is 9.48 Å². The molecule has 2 heterocycles. The first-order valence-corrected chi connectivity index (χ1v) is 9.88. The summed E-state index contributed by atoms with van der Waals surface area (Å²) in [7, 11) is -0.657. The Balaban J connectivity index is 1.73. The van der Waals surface area contributed by atoms with Crippen molar-refractivity contribution in [2.45, 2.75) is 11.3 Å². The monoisotopic (exact) mass is 396 g/mol. The average molecular weight is 396 g/mol. The summed E-state index contributed by atoms with van der Waals surface area (Å²) in [6.07, 6.45) is 3.25. The number of nitrogens with zero attached hydrogens (tertiary/aromatic N) is 4. The van der Waals surface area contributed by atoms with Gasteiger partial charge in [0.2, 0.25) is 10.0 Å². The predicted molar refractivity (Wildman–Crippen MR) is 95.4 cm³/mol. The van der Waals surface area contributed by atoms with E-state index < -0.39 is 15.8 Å². The molecule has 0 aliphatic carbocycles. The second kappa shape index (κ2) is 7.65. The Kier molecular flexibility index (Phi) is 5.47. The average Bonchev–Trinajstić information content (AvgIpc) is 2.93. The van der Waals surface area contributed by atoms with E-state index in [2.05, 4.69) is 5.10 Å². The molecular formula is C17H21FN4O4S. The lowest BCUT2D eigenvalue weighted by atomic mass is 10.1. The minimum absolute atomic E-state index is 0.0659. The molecule has 146 valence electrons. The highest BCUT2D eigenvalue weighted by Crippen LogP contribution is 2.21. The fourth-order valence-electron chi connectivity index (χ4n) is 3.00. The van der Waals surface area contributed by atoms with Crippen molar-refractivity contribution in [3.63, 3.8) is 0 Å². The molecule has 2 aromatic rings. The number of hydrogen-bond acceptors (Lipinski definition) is 5. The minimum atomic E-state index is -3.66. The summed E-state index contributed by atoms with van der Waals surface area (Å²) in [6, 6.07) is 4.04. The van der Waals surface area contributed by atoms with Gasteiger partial charge >= 0.3 is 0 Å². The first kappa shape index (κ1) is 19.3. The zero-order valence-corrected chi connectivity index (χ0v) is 15.9. The Hall–Kier alpha value is -2.46. The molecule has 1 aromatic heterocycles. The van der Waals surface area contributed by atoms with Gasteiger partial charge in [0.05, 0.1) is 13.3 Å². The zero-order chi connectivity index (χ0) is 19.6. The summed E-state index contributed by atoms with van der Waals surface area (Å²) >= 11 is 0. The van der Waals surface area contributed by atoms with Crippen LogP contribution < -0.4 is 4.74 Å². The van der Waals surface area contributed by atoms with Crippen LogP contribution in [0.5, 0.6) is 5.75 Å². The molecule has 0 N–H and O–H groups in total. The molecule has 1 aliphatic rings. The van der Waals surface area contributed by atoms with Gasteiger partial charge in [-0.25, -0.2) is 12.8 Å². The number of methoxy groups -OCH3 is 1. The first-order chi connectivity index (χ1) is 12.8. The lowest BCUT2D eigenvalue weighted by Crippen LogP contribution is -2.37. The number of hydrogen-bond donors (Lipinski definition) is 0. The Morgan fingerprint density at radius 3 is 2.63 bits per heavy atom. The van der Waals surface area contributed by atoms with E-state index >= 15 is 0 Å². The van der Waals surface area contributed by atoms with Gasteiger partial charge in [0.1, 0.15) is 4.90 Å². The second-order valence-electron chi connectivity index (χ2n) is 6.25. The number of halogens is 1. The molecule has 1 aliphatic heterocycles. The second-order valence-corrected chi connectivity index (χ2v) is 8.19. The smallest absolute Gasteiger partial charge is 0.254 e. The molecule has 0 spiro atoms. The van der Waals surface area contributed by atoms with Gasteiger partial charge in [-0.05, 0) is 24.6 Å². The lowest BCUT2D eigenvalue weighted by Gasteiger charge is -2.21. The highest BCUT2D eigenvalue weighted by Gasteiger charge is 2.29. The molecule has 10 heteroatoms. The van der Waals surface area contributed by atoms with Crippen molar-refractivity contribution in [2.75, 3.05) is 33.3 Å². The topological polar surface area (TPSA) is 84.7 Å². The van der Waals surface area contributed by atoms with E-state index in [1.807, 2.05) is 0 Å². The fourth-order valence-corrected chi connectivity index (χ4v) is 4.46. The van der Waals surface area contributed by atoms with Gasteiger partial charge in [0, 0.05) is 45.0 Å². The van der Waals surface area contributed by atoms with E-state index in [1.165, 1.54) is 40.6 Å². The van der Waals surface area contributed by atoms with E-state index in [9.17, 15) is 17.6 Å². The van der Waals surface area contributed by atoms with E-state index in [1.54, 1.807) is 11.9 Å². The number of rotatable bonds is 4. The molecule has 1 amide bonds. The van der Waals surface area contributed by atoms with E-state index in [-0.39, 0.29) is 35.2 Å². The number of carbonyl (C=O) groups is 1. The van der Waals surface area contributed by atoms with Crippen molar-refractivity contribution in [3.8, 4) is 5.75 Å².